The lowest BCUT2D eigenvalue weighted by Gasteiger charge is -2.45. The van der Waals surface area contributed by atoms with Gasteiger partial charge in [-0.05, 0) is 60.9 Å². The highest BCUT2D eigenvalue weighted by Gasteiger charge is 2.45. The van der Waals surface area contributed by atoms with Gasteiger partial charge in [-0.2, -0.15) is 0 Å². The van der Waals surface area contributed by atoms with Crippen molar-refractivity contribution < 1.29 is 4.79 Å². The number of aromatic nitrogens is 2. The number of fused-ring (bicyclic) bond motifs is 5. The first-order valence-corrected chi connectivity index (χ1v) is 10.5. The molecule has 3 aromatic rings. The molecule has 0 atom stereocenters. The first-order chi connectivity index (χ1) is 14.2. The number of nitrogens with one attached hydrogen (secondary N) is 2. The van der Waals surface area contributed by atoms with E-state index >= 15 is 0 Å². The number of aryl methyl sites for hydroxylation is 1. The van der Waals surface area contributed by atoms with Crippen molar-refractivity contribution in [2.24, 2.45) is 0 Å². The molecule has 2 aromatic heterocycles. The van der Waals surface area contributed by atoms with Crippen LogP contribution in [0.5, 0.6) is 0 Å². The Labute approximate surface area is 170 Å². The van der Waals surface area contributed by atoms with Crippen molar-refractivity contribution in [2.75, 3.05) is 0 Å². The summed E-state index contributed by atoms with van der Waals surface area (Å²) in [6.45, 7) is 0. The number of amides is 1. The van der Waals surface area contributed by atoms with Gasteiger partial charge in [0.05, 0.1) is 17.0 Å². The van der Waals surface area contributed by atoms with E-state index in [0.717, 1.165) is 60.3 Å². The van der Waals surface area contributed by atoms with Crippen LogP contribution in [0.25, 0.3) is 23.4 Å². The zero-order valence-electron chi connectivity index (χ0n) is 16.3. The molecule has 1 amide bonds. The first-order valence-electron chi connectivity index (χ1n) is 10.5. The zero-order chi connectivity index (χ0) is 19.4. The third kappa shape index (κ3) is 2.66. The van der Waals surface area contributed by atoms with Crippen molar-refractivity contribution in [3.63, 3.8) is 0 Å². The Hall–Kier alpha value is -3.14. The monoisotopic (exact) mass is 381 g/mol. The van der Waals surface area contributed by atoms with E-state index in [1.807, 2.05) is 24.4 Å². The van der Waals surface area contributed by atoms with Gasteiger partial charge in [-0.25, -0.2) is 0 Å². The molecule has 1 saturated carbocycles. The number of hydrogen-bond acceptors (Lipinski definition) is 2. The second-order valence-electron chi connectivity index (χ2n) is 8.61. The molecule has 1 spiro atoms. The zero-order valence-corrected chi connectivity index (χ0v) is 16.3. The Morgan fingerprint density at radius 2 is 1.93 bits per heavy atom. The van der Waals surface area contributed by atoms with E-state index in [0.29, 0.717) is 0 Å². The average molecular weight is 381 g/mol. The molecule has 2 aliphatic carbocycles. The molecule has 1 fully saturated rings. The molecule has 29 heavy (non-hydrogen) atoms. The van der Waals surface area contributed by atoms with Gasteiger partial charge in [0.1, 0.15) is 0 Å². The summed E-state index contributed by atoms with van der Waals surface area (Å²) in [5.41, 5.74) is 8.89. The molecule has 0 radical (unpaired) electrons. The van der Waals surface area contributed by atoms with Crippen LogP contribution >= 0.6 is 0 Å². The first kappa shape index (κ1) is 16.8. The van der Waals surface area contributed by atoms with E-state index in [1.165, 1.54) is 23.1 Å². The summed E-state index contributed by atoms with van der Waals surface area (Å²) in [5, 5.41) is 3.31. The molecule has 3 aliphatic rings. The molecule has 6 rings (SSSR count). The summed E-state index contributed by atoms with van der Waals surface area (Å²) in [6.07, 6.45) is 12.3. The highest BCUT2D eigenvalue weighted by Crippen LogP contribution is 2.43. The fraction of sp³-hybridized carbons (Fsp3) is 0.280. The maximum absolute atomic E-state index is 12.9. The standard InChI is InChI=1S/C25H23N3O/c29-24-22-19-10-8-17-15-26-18(9-7-16-5-2-1-3-6-16)13-20(17)23(19)27-21(22)14-25(28-24)11-4-12-25/h1-3,5-7,9,13,15,27H,4,8,10-12,14H2,(H,28,29)/b9-7+. The molecule has 4 nitrogen and oxygen atoms in total. The van der Waals surface area contributed by atoms with Gasteiger partial charge >= 0.3 is 0 Å². The van der Waals surface area contributed by atoms with Crippen LogP contribution in [0.3, 0.4) is 0 Å². The molecule has 1 aliphatic heterocycles. The summed E-state index contributed by atoms with van der Waals surface area (Å²) in [6, 6.07) is 12.4. The lowest BCUT2D eigenvalue weighted by molar-refractivity contribution is 0.0793. The SMILES string of the molecule is O=C1NC2(CCC2)Cc2[nH]c3c(c21)CCc1cnc(/C=C/c2ccccc2)cc1-3. The summed E-state index contributed by atoms with van der Waals surface area (Å²) >= 11 is 0. The largest absolute Gasteiger partial charge is 0.357 e. The minimum Gasteiger partial charge on any atom is -0.357 e. The number of aromatic amines is 1. The molecule has 4 heteroatoms. The third-order valence-corrected chi connectivity index (χ3v) is 6.78. The van der Waals surface area contributed by atoms with Gasteiger partial charge in [-0.1, -0.05) is 36.4 Å². The van der Waals surface area contributed by atoms with E-state index in [9.17, 15) is 4.79 Å². The molecule has 1 aromatic carbocycles. The average Bonchev–Trinajstić information content (AvgIpc) is 3.11. The lowest BCUT2D eigenvalue weighted by Crippen LogP contribution is -2.57. The van der Waals surface area contributed by atoms with Crippen molar-refractivity contribution in [1.29, 1.82) is 0 Å². The fourth-order valence-corrected chi connectivity index (χ4v) is 5.10. The number of carbonyl (C=O) groups is 1. The molecule has 144 valence electrons. The highest BCUT2D eigenvalue weighted by molar-refractivity contribution is 6.01. The van der Waals surface area contributed by atoms with Crippen molar-refractivity contribution in [2.45, 2.75) is 44.1 Å². The van der Waals surface area contributed by atoms with Crippen molar-refractivity contribution in [3.05, 3.63) is 76.2 Å². The van der Waals surface area contributed by atoms with E-state index < -0.39 is 0 Å². The van der Waals surface area contributed by atoms with Crippen LogP contribution in [-0.2, 0) is 19.3 Å². The molecule has 0 bridgehead atoms. The Morgan fingerprint density at radius 1 is 1.07 bits per heavy atom. The number of rotatable bonds is 2. The Morgan fingerprint density at radius 3 is 2.72 bits per heavy atom. The van der Waals surface area contributed by atoms with Crippen LogP contribution in [0.4, 0.5) is 0 Å². The molecular formula is C25H23N3O. The number of carbonyl (C=O) groups excluding carboxylic acids is 1. The van der Waals surface area contributed by atoms with Crippen LogP contribution in [0, 0.1) is 0 Å². The molecular weight excluding hydrogens is 358 g/mol. The minimum absolute atomic E-state index is 0.00217. The number of pyridine rings is 1. The van der Waals surface area contributed by atoms with Gasteiger partial charge < -0.3 is 10.3 Å². The quantitative estimate of drug-likeness (QED) is 0.684. The number of benzene rings is 1. The topological polar surface area (TPSA) is 57.8 Å². The number of nitrogens with zero attached hydrogens (tertiary/aromatic N) is 1. The second kappa shape index (κ2) is 6.18. The van der Waals surface area contributed by atoms with Crippen molar-refractivity contribution in [1.82, 2.24) is 15.3 Å². The maximum atomic E-state index is 12.9. The number of hydrogen-bond donors (Lipinski definition) is 2. The van der Waals surface area contributed by atoms with E-state index in [2.05, 4.69) is 45.6 Å². The summed E-state index contributed by atoms with van der Waals surface area (Å²) in [7, 11) is 0. The van der Waals surface area contributed by atoms with Gasteiger partial charge in [0, 0.05) is 29.4 Å². The Kier molecular flexibility index (Phi) is 3.58. The van der Waals surface area contributed by atoms with Crippen LogP contribution in [0.1, 0.15) is 57.7 Å². The summed E-state index contributed by atoms with van der Waals surface area (Å²) in [4.78, 5) is 21.2. The van der Waals surface area contributed by atoms with Gasteiger partial charge in [-0.15, -0.1) is 0 Å². The van der Waals surface area contributed by atoms with Gasteiger partial charge in [-0.3, -0.25) is 9.78 Å². The van der Waals surface area contributed by atoms with Gasteiger partial charge in [0.25, 0.3) is 5.91 Å². The van der Waals surface area contributed by atoms with Crippen LogP contribution in [0.15, 0.2) is 42.6 Å². The van der Waals surface area contributed by atoms with Gasteiger partial charge in [0.15, 0.2) is 0 Å². The smallest absolute Gasteiger partial charge is 0.253 e. The van der Waals surface area contributed by atoms with Crippen LogP contribution in [0.2, 0.25) is 0 Å². The van der Waals surface area contributed by atoms with Crippen LogP contribution < -0.4 is 5.32 Å². The molecule has 3 heterocycles. The fourth-order valence-electron chi connectivity index (χ4n) is 5.10. The second-order valence-corrected chi connectivity index (χ2v) is 8.61. The number of H-pyrrole nitrogens is 1. The molecule has 0 saturated heterocycles. The predicted octanol–water partition coefficient (Wildman–Crippen LogP) is 4.55. The predicted molar refractivity (Wildman–Crippen MR) is 115 cm³/mol. The summed E-state index contributed by atoms with van der Waals surface area (Å²) < 4.78 is 0. The van der Waals surface area contributed by atoms with Crippen molar-refractivity contribution in [3.8, 4) is 11.3 Å². The summed E-state index contributed by atoms with van der Waals surface area (Å²) in [5.74, 6) is 0.116. The molecule has 0 unspecified atom stereocenters. The van der Waals surface area contributed by atoms with Crippen LogP contribution in [-0.4, -0.2) is 21.4 Å². The van der Waals surface area contributed by atoms with Gasteiger partial charge in [0.2, 0.25) is 0 Å². The Balaban J connectivity index is 1.40. The highest BCUT2D eigenvalue weighted by atomic mass is 16.2. The third-order valence-electron chi connectivity index (χ3n) is 6.78. The maximum Gasteiger partial charge on any atom is 0.253 e. The normalized spacial score (nSPS) is 18.7. The lowest BCUT2D eigenvalue weighted by atomic mass is 9.71. The van der Waals surface area contributed by atoms with Crippen molar-refractivity contribution >= 4 is 18.1 Å². The minimum atomic E-state index is 0.00217. The Bertz CT molecular complexity index is 1150. The van der Waals surface area contributed by atoms with E-state index in [-0.39, 0.29) is 11.4 Å². The van der Waals surface area contributed by atoms with E-state index in [4.69, 9.17) is 0 Å². The van der Waals surface area contributed by atoms with E-state index in [1.54, 1.807) is 0 Å². The molecule has 2 N–H and O–H groups in total.